The fraction of sp³-hybridized carbons (Fsp3) is 0.333. The molecule has 0 aliphatic carbocycles. The lowest BCUT2D eigenvalue weighted by Crippen LogP contribution is -2.51. The predicted molar refractivity (Wildman–Crippen MR) is 410 cm³/mol. The maximum absolute atomic E-state index is 14.2. The van der Waals surface area contributed by atoms with Crippen molar-refractivity contribution in [2.45, 2.75) is 71.0 Å². The third-order valence-electron chi connectivity index (χ3n) is 19.4. The molecular formula is C78H83F7N24. The fourth-order valence-electron chi connectivity index (χ4n) is 14.3. The van der Waals surface area contributed by atoms with Gasteiger partial charge in [-0.2, -0.15) is 46.7 Å². The number of anilines is 4. The molecular weight excluding hydrogens is 1410 g/mol. The van der Waals surface area contributed by atoms with Gasteiger partial charge < -0.3 is 40.9 Å². The van der Waals surface area contributed by atoms with Crippen molar-refractivity contribution < 1.29 is 30.7 Å². The Morgan fingerprint density at radius 2 is 0.826 bits per heavy atom. The highest BCUT2D eigenvalue weighted by atomic mass is 19.4. The van der Waals surface area contributed by atoms with Crippen LogP contribution in [-0.2, 0) is 12.4 Å². The largest absolute Gasteiger partial charge is 0.418 e. The van der Waals surface area contributed by atoms with Crippen LogP contribution >= 0.6 is 0 Å². The fourth-order valence-corrected chi connectivity index (χ4v) is 14.3. The smallest absolute Gasteiger partial charge is 0.354 e. The molecule has 8 N–H and O–H groups in total. The van der Waals surface area contributed by atoms with E-state index in [4.69, 9.17) is 9.97 Å². The van der Waals surface area contributed by atoms with E-state index in [1.54, 1.807) is 55.1 Å². The Kier molecular flexibility index (Phi) is 22.5. The van der Waals surface area contributed by atoms with Gasteiger partial charge in [-0.15, -0.1) is 0 Å². The number of fused-ring (bicyclic) bond motifs is 4. The zero-order valence-corrected chi connectivity index (χ0v) is 60.5. The number of hydrogen-bond donors (Lipinski definition) is 8. The van der Waals surface area contributed by atoms with Gasteiger partial charge in [0, 0.05) is 155 Å². The zero-order valence-electron chi connectivity index (χ0n) is 60.5. The monoisotopic (exact) mass is 1490 g/mol. The number of alkyl halides is 6. The van der Waals surface area contributed by atoms with E-state index in [0.717, 1.165) is 116 Å². The van der Waals surface area contributed by atoms with E-state index in [-0.39, 0.29) is 28.8 Å². The van der Waals surface area contributed by atoms with Crippen LogP contribution in [0.25, 0.3) is 95.5 Å². The summed E-state index contributed by atoms with van der Waals surface area (Å²) in [6, 6.07) is 40.3. The summed E-state index contributed by atoms with van der Waals surface area (Å²) in [5, 5.41) is 44.7. The van der Waals surface area contributed by atoms with Crippen LogP contribution in [0.3, 0.4) is 0 Å². The van der Waals surface area contributed by atoms with Crippen LogP contribution < -0.4 is 40.9 Å². The molecule has 4 fully saturated rings. The van der Waals surface area contributed by atoms with Crippen molar-refractivity contribution in [1.82, 2.24) is 102 Å². The lowest BCUT2D eigenvalue weighted by Gasteiger charge is -2.35. The first kappa shape index (κ1) is 74.4. The highest BCUT2D eigenvalue weighted by molar-refractivity contribution is 5.94. The Morgan fingerprint density at radius 3 is 1.29 bits per heavy atom. The van der Waals surface area contributed by atoms with Crippen molar-refractivity contribution in [3.8, 4) is 45.6 Å². The van der Waals surface area contributed by atoms with Gasteiger partial charge in [0.25, 0.3) is 0 Å². The van der Waals surface area contributed by atoms with Gasteiger partial charge in [0.1, 0.15) is 46.2 Å². The van der Waals surface area contributed by atoms with E-state index in [9.17, 15) is 30.7 Å². The molecule has 3 atom stereocenters. The zero-order chi connectivity index (χ0) is 75.8. The number of nitrogens with zero attached hydrogens (tertiary/aromatic N) is 16. The van der Waals surface area contributed by atoms with Gasteiger partial charge in [0.15, 0.2) is 22.6 Å². The maximum Gasteiger partial charge on any atom is 0.418 e. The summed E-state index contributed by atoms with van der Waals surface area (Å²) < 4.78 is 96.0. The van der Waals surface area contributed by atoms with Crippen molar-refractivity contribution in [1.29, 1.82) is 0 Å². The number of H-pyrrole nitrogens is 4. The molecule has 564 valence electrons. The van der Waals surface area contributed by atoms with Crippen molar-refractivity contribution >= 4 is 73.2 Å². The first-order valence-electron chi connectivity index (χ1n) is 36.4. The van der Waals surface area contributed by atoms with Crippen LogP contribution in [0.15, 0.2) is 165 Å². The summed E-state index contributed by atoms with van der Waals surface area (Å²) in [7, 11) is 0. The SMILES string of the molecule is C=C(F)c1ccc(N2CCN[C@@H](CC(C)C)C2)nc1-c1[nH]nc2ncccc12.CC(C)C[C@H]1CN(c2cccc(-c3[nH]nc4ncccc34)n2)CCN1.FC(F)(F)c1ccc(N2CCNC(c3ccccc3)C2)nc1-c1[nH]nc2ncccc12.FC(F)(F)c1ccc(N2CCNCC2)nc1-c1[nH]nc2ncccc12. The number of hydrogen-bond acceptors (Lipinski definition) is 20. The van der Waals surface area contributed by atoms with Crippen LogP contribution in [0.1, 0.15) is 68.8 Å². The van der Waals surface area contributed by atoms with Crippen LogP contribution in [0.5, 0.6) is 0 Å². The Hall–Kier alpha value is -11.4. The Morgan fingerprint density at radius 1 is 0.422 bits per heavy atom. The lowest BCUT2D eigenvalue weighted by atomic mass is 10.0. The predicted octanol–water partition coefficient (Wildman–Crippen LogP) is 13.3. The number of piperazine rings is 4. The van der Waals surface area contributed by atoms with Gasteiger partial charge in [0.2, 0.25) is 0 Å². The molecule has 1 unspecified atom stereocenters. The highest BCUT2D eigenvalue weighted by Gasteiger charge is 2.38. The molecule has 1 aromatic carbocycles. The second kappa shape index (κ2) is 33.0. The molecule has 0 spiro atoms. The Labute approximate surface area is 623 Å². The van der Waals surface area contributed by atoms with Crippen LogP contribution in [-0.4, -0.2) is 178 Å². The van der Waals surface area contributed by atoms with E-state index in [2.05, 4.69) is 148 Å². The summed E-state index contributed by atoms with van der Waals surface area (Å²) in [5.74, 6) is 3.69. The lowest BCUT2D eigenvalue weighted by molar-refractivity contribution is -0.138. The highest BCUT2D eigenvalue weighted by Crippen LogP contribution is 2.42. The van der Waals surface area contributed by atoms with Crippen molar-refractivity contribution in [2.75, 3.05) is 105 Å². The summed E-state index contributed by atoms with van der Waals surface area (Å²) in [4.78, 5) is 43.8. The second-order valence-electron chi connectivity index (χ2n) is 27.9. The van der Waals surface area contributed by atoms with Crippen molar-refractivity contribution in [2.24, 2.45) is 11.8 Å². The molecule has 4 saturated heterocycles. The molecule has 16 heterocycles. The van der Waals surface area contributed by atoms with E-state index < -0.39 is 29.3 Å². The third-order valence-corrected chi connectivity index (χ3v) is 19.4. The first-order valence-corrected chi connectivity index (χ1v) is 36.4. The maximum atomic E-state index is 14.2. The second-order valence-corrected chi connectivity index (χ2v) is 27.9. The summed E-state index contributed by atoms with van der Waals surface area (Å²) >= 11 is 0. The average molecular weight is 1490 g/mol. The van der Waals surface area contributed by atoms with Gasteiger partial charge in [-0.25, -0.2) is 44.3 Å². The van der Waals surface area contributed by atoms with E-state index in [1.807, 2.05) is 76.5 Å². The minimum atomic E-state index is -4.55. The first-order chi connectivity index (χ1) is 52.8. The molecule has 0 saturated carbocycles. The normalized spacial score (nSPS) is 17.2. The Balaban J connectivity index is 0.000000122. The molecule has 13 aromatic rings. The van der Waals surface area contributed by atoms with Crippen molar-refractivity contribution in [3.05, 3.63) is 187 Å². The van der Waals surface area contributed by atoms with E-state index in [0.29, 0.717) is 113 Å². The number of aromatic nitrogens is 16. The number of pyridine rings is 8. The standard InChI is InChI=1S/C22H19F3N6.C21H25FN6.C19H24N6.C16H15F3N6/c23-22(24,25)16-8-9-18(28-20(16)19-15-7-4-10-27-21(15)30-29-19)31-12-11-26-17(13-31)14-5-2-1-3-6-14;1-13(2)11-15-12-28(10-9-23-15)18-7-6-16(14(3)22)19(25-18)20-17-5-4-8-24-21(17)27-26-20;1-13(2)11-14-12-25(10-9-20-14)17-7-3-6-16(22-17)18-15-5-4-8-21-19(15)24-23-18;17-16(18,19)11-3-4-12(25-8-6-20-7-9-25)22-14(11)13-10-2-1-5-21-15(10)24-23-13/h1-10,17,26H,11-13H2,(H,27,29,30);4-8,13,15,23H,3,9-12H2,1-2H3,(H,24,26,27);3-8,13-14,20H,9-12H2,1-2H3,(H,21,23,24);1-5,20H,6-9H2,(H,21,23,24)/t;15-;14-;/m.00./s1. The van der Waals surface area contributed by atoms with Gasteiger partial charge in [0.05, 0.1) is 39.6 Å². The molecule has 0 amide bonds. The molecule has 24 nitrogen and oxygen atoms in total. The average Bonchev–Trinajstić information content (AvgIpc) is 1.74. The molecule has 12 aromatic heterocycles. The molecule has 17 rings (SSSR count). The topological polar surface area (TPSA) is 279 Å². The molecule has 31 heteroatoms. The number of nitrogens with one attached hydrogen (secondary N) is 8. The third kappa shape index (κ3) is 17.3. The summed E-state index contributed by atoms with van der Waals surface area (Å²) in [6.07, 6.45) is -0.227. The van der Waals surface area contributed by atoms with Gasteiger partial charge >= 0.3 is 12.4 Å². The number of benzene rings is 1. The minimum Gasteiger partial charge on any atom is -0.354 e. The van der Waals surface area contributed by atoms with E-state index in [1.165, 1.54) is 18.6 Å². The molecule has 4 aliphatic rings. The van der Waals surface area contributed by atoms with Crippen LogP contribution in [0, 0.1) is 11.8 Å². The number of rotatable bonds is 14. The summed E-state index contributed by atoms with van der Waals surface area (Å²) in [5.41, 5.74) is 5.05. The minimum absolute atomic E-state index is 0.0691. The van der Waals surface area contributed by atoms with Gasteiger partial charge in [-0.05, 0) is 127 Å². The van der Waals surface area contributed by atoms with Crippen LogP contribution in [0.2, 0.25) is 0 Å². The number of halogens is 7. The molecule has 0 bridgehead atoms. The van der Waals surface area contributed by atoms with Crippen LogP contribution in [0.4, 0.5) is 54.0 Å². The molecule has 4 aliphatic heterocycles. The number of aromatic amines is 4. The molecule has 109 heavy (non-hydrogen) atoms. The van der Waals surface area contributed by atoms with Crippen molar-refractivity contribution in [3.63, 3.8) is 0 Å². The van der Waals surface area contributed by atoms with Gasteiger partial charge in [-0.3, -0.25) is 20.4 Å². The summed E-state index contributed by atoms with van der Waals surface area (Å²) in [6.45, 7) is 23.0. The Bertz CT molecular complexity index is 5240. The molecule has 0 radical (unpaired) electrons. The van der Waals surface area contributed by atoms with E-state index >= 15 is 0 Å². The van der Waals surface area contributed by atoms with Gasteiger partial charge in [-0.1, -0.05) is 70.7 Å². The quantitative estimate of drug-likeness (QED) is 0.0470.